The SMILES string of the molecule is Cc1cc(C(F)(F)F)cc(N2C(=O)N(CC(O)CN3CCC(F)(F)C3)CC2C(=O)N(C)c2ccc(F)c(Cl)c2F)n1. The number of aromatic nitrogens is 1. The standard InChI is InChI=1S/C25H25ClF7N5O3/c1-13-7-14(25(31,32)33)8-19(34-13)38-18(22(40)35(2)17-4-3-16(27)20(26)21(17)28)11-37(23(38)41)10-15(39)9-36-6-5-24(29,30)12-36/h3-4,7-8,15,18,39H,5-6,9-12H2,1-2H3. The summed E-state index contributed by atoms with van der Waals surface area (Å²) in [5.74, 6) is -6.80. The maximum Gasteiger partial charge on any atom is 0.416 e. The molecule has 0 radical (unpaired) electrons. The van der Waals surface area contributed by atoms with Crippen LogP contribution in [0, 0.1) is 18.6 Å². The molecule has 16 heteroatoms. The Balaban J connectivity index is 1.66. The predicted molar refractivity (Wildman–Crippen MR) is 134 cm³/mol. The number of aryl methyl sites for hydroxylation is 1. The van der Waals surface area contributed by atoms with Gasteiger partial charge in [0, 0.05) is 38.8 Å². The van der Waals surface area contributed by atoms with Crippen LogP contribution in [0.4, 0.5) is 47.0 Å². The number of hydrogen-bond acceptors (Lipinski definition) is 5. The van der Waals surface area contributed by atoms with Crippen molar-refractivity contribution in [1.29, 1.82) is 0 Å². The molecule has 2 aliphatic heterocycles. The lowest BCUT2D eigenvalue weighted by Crippen LogP contribution is -2.47. The highest BCUT2D eigenvalue weighted by molar-refractivity contribution is 6.31. The average Bonchev–Trinajstić information content (AvgIpc) is 3.38. The topological polar surface area (TPSA) is 80.2 Å². The molecule has 2 fully saturated rings. The summed E-state index contributed by atoms with van der Waals surface area (Å²) in [5.41, 5.74) is -1.72. The van der Waals surface area contributed by atoms with Gasteiger partial charge >= 0.3 is 12.2 Å². The Hall–Kier alpha value is -3.17. The van der Waals surface area contributed by atoms with Crippen molar-refractivity contribution in [3.05, 3.63) is 52.2 Å². The van der Waals surface area contributed by atoms with Crippen LogP contribution >= 0.6 is 11.6 Å². The highest BCUT2D eigenvalue weighted by Gasteiger charge is 2.46. The van der Waals surface area contributed by atoms with Gasteiger partial charge in [-0.3, -0.25) is 14.6 Å². The maximum atomic E-state index is 14.7. The highest BCUT2D eigenvalue weighted by Crippen LogP contribution is 2.35. The van der Waals surface area contributed by atoms with Gasteiger partial charge in [0.1, 0.15) is 22.7 Å². The Morgan fingerprint density at radius 1 is 1.24 bits per heavy atom. The second-order valence-electron chi connectivity index (χ2n) is 10.0. The smallest absolute Gasteiger partial charge is 0.390 e. The number of carbonyl (C=O) groups is 2. The van der Waals surface area contributed by atoms with Crippen LogP contribution in [-0.4, -0.2) is 89.7 Å². The molecule has 0 bridgehead atoms. The van der Waals surface area contributed by atoms with E-state index in [1.807, 2.05) is 0 Å². The van der Waals surface area contributed by atoms with Gasteiger partial charge in [0.2, 0.25) is 0 Å². The third-order valence-electron chi connectivity index (χ3n) is 6.84. The fourth-order valence-corrected chi connectivity index (χ4v) is 5.04. The molecule has 1 aromatic heterocycles. The molecule has 41 heavy (non-hydrogen) atoms. The number of alkyl halides is 5. The number of nitrogens with zero attached hydrogens (tertiary/aromatic N) is 5. The quantitative estimate of drug-likeness (QED) is 0.373. The first-order valence-corrected chi connectivity index (χ1v) is 12.7. The average molecular weight is 612 g/mol. The summed E-state index contributed by atoms with van der Waals surface area (Å²) in [4.78, 5) is 34.7. The molecule has 224 valence electrons. The maximum absolute atomic E-state index is 14.7. The van der Waals surface area contributed by atoms with Gasteiger partial charge in [0.15, 0.2) is 5.82 Å². The number of aliphatic hydroxyl groups is 1. The summed E-state index contributed by atoms with van der Waals surface area (Å²) < 4.78 is 96.2. The Morgan fingerprint density at radius 3 is 2.54 bits per heavy atom. The molecule has 0 saturated carbocycles. The Labute approximate surface area is 234 Å². The number of carbonyl (C=O) groups excluding carboxylic acids is 2. The lowest BCUT2D eigenvalue weighted by molar-refractivity contribution is -0.137. The van der Waals surface area contributed by atoms with E-state index in [-0.39, 0.29) is 18.8 Å². The van der Waals surface area contributed by atoms with Crippen molar-refractivity contribution in [2.45, 2.75) is 37.6 Å². The van der Waals surface area contributed by atoms with E-state index in [4.69, 9.17) is 11.6 Å². The molecule has 2 aliphatic rings. The molecular formula is C25H25ClF7N5O3. The molecule has 8 nitrogen and oxygen atoms in total. The minimum Gasteiger partial charge on any atom is -0.390 e. The van der Waals surface area contributed by atoms with Gasteiger partial charge in [-0.1, -0.05) is 11.6 Å². The molecule has 1 N–H and O–H groups in total. The number of likely N-dealkylation sites (N-methyl/N-ethyl adjacent to an activating group) is 1. The molecule has 4 rings (SSSR count). The Morgan fingerprint density at radius 2 is 1.93 bits per heavy atom. The molecule has 2 aromatic rings. The monoisotopic (exact) mass is 611 g/mol. The van der Waals surface area contributed by atoms with E-state index in [0.717, 1.165) is 35.0 Å². The number of likely N-dealkylation sites (tertiary alicyclic amines) is 1. The summed E-state index contributed by atoms with van der Waals surface area (Å²) in [6, 6.07) is 0.504. The van der Waals surface area contributed by atoms with Gasteiger partial charge in [-0.15, -0.1) is 0 Å². The minimum absolute atomic E-state index is 0.00919. The first-order chi connectivity index (χ1) is 19.0. The van der Waals surface area contributed by atoms with Crippen molar-refractivity contribution in [2.75, 3.05) is 49.6 Å². The summed E-state index contributed by atoms with van der Waals surface area (Å²) in [6.07, 6.45) is -6.56. The number of aliphatic hydroxyl groups excluding tert-OH is 1. The number of rotatable bonds is 7. The second kappa shape index (κ2) is 11.2. The van der Waals surface area contributed by atoms with E-state index in [2.05, 4.69) is 4.98 Å². The van der Waals surface area contributed by atoms with Crippen LogP contribution < -0.4 is 9.80 Å². The molecule has 2 atom stereocenters. The van der Waals surface area contributed by atoms with Gasteiger partial charge in [0.05, 0.1) is 30.4 Å². The van der Waals surface area contributed by atoms with Crippen LogP contribution in [0.5, 0.6) is 0 Å². The second-order valence-corrected chi connectivity index (χ2v) is 10.4. The first kappa shape index (κ1) is 30.8. The van der Waals surface area contributed by atoms with E-state index in [9.17, 15) is 45.4 Å². The molecule has 0 aliphatic carbocycles. The van der Waals surface area contributed by atoms with E-state index in [1.54, 1.807) is 0 Å². The zero-order valence-corrected chi connectivity index (χ0v) is 22.5. The van der Waals surface area contributed by atoms with Crippen LogP contribution in [-0.2, 0) is 11.0 Å². The van der Waals surface area contributed by atoms with Gasteiger partial charge in [0.25, 0.3) is 11.8 Å². The number of amides is 3. The predicted octanol–water partition coefficient (Wildman–Crippen LogP) is 4.32. The molecule has 3 heterocycles. The number of β-amino-alcohol motifs (C(OH)–C–C–N with tert-alkyl or cyclic N) is 1. The molecule has 2 saturated heterocycles. The highest BCUT2D eigenvalue weighted by atomic mass is 35.5. The van der Waals surface area contributed by atoms with Crippen LogP contribution in [0.25, 0.3) is 0 Å². The fourth-order valence-electron chi connectivity index (χ4n) is 4.88. The van der Waals surface area contributed by atoms with Crippen molar-refractivity contribution in [1.82, 2.24) is 14.8 Å². The zero-order valence-electron chi connectivity index (χ0n) is 21.7. The fraction of sp³-hybridized carbons (Fsp3) is 0.480. The van der Waals surface area contributed by atoms with Crippen molar-refractivity contribution >= 4 is 35.0 Å². The lowest BCUT2D eigenvalue weighted by atomic mass is 10.1. The number of halogens is 8. The van der Waals surface area contributed by atoms with E-state index in [0.29, 0.717) is 11.0 Å². The van der Waals surface area contributed by atoms with E-state index >= 15 is 0 Å². The molecular weight excluding hydrogens is 587 g/mol. The number of pyridine rings is 1. The summed E-state index contributed by atoms with van der Waals surface area (Å²) in [5, 5.41) is 9.66. The van der Waals surface area contributed by atoms with Crippen molar-refractivity contribution in [3.63, 3.8) is 0 Å². The molecule has 2 unspecified atom stereocenters. The van der Waals surface area contributed by atoms with Gasteiger partial charge in [-0.2, -0.15) is 13.2 Å². The minimum atomic E-state index is -4.82. The lowest BCUT2D eigenvalue weighted by Gasteiger charge is -2.27. The molecule has 3 amide bonds. The third kappa shape index (κ3) is 6.51. The van der Waals surface area contributed by atoms with Crippen LogP contribution in [0.1, 0.15) is 17.7 Å². The van der Waals surface area contributed by atoms with Crippen LogP contribution in [0.2, 0.25) is 5.02 Å². The molecule has 1 aromatic carbocycles. The summed E-state index contributed by atoms with van der Waals surface area (Å²) in [7, 11) is 1.10. The third-order valence-corrected chi connectivity index (χ3v) is 7.18. The Kier molecular flexibility index (Phi) is 8.45. The van der Waals surface area contributed by atoms with Crippen LogP contribution in [0.3, 0.4) is 0 Å². The van der Waals surface area contributed by atoms with E-state index in [1.165, 1.54) is 11.8 Å². The largest absolute Gasteiger partial charge is 0.416 e. The molecule has 0 spiro atoms. The van der Waals surface area contributed by atoms with E-state index < -0.39 is 96.0 Å². The number of hydrogen-bond donors (Lipinski definition) is 1. The Bertz CT molecular complexity index is 1350. The van der Waals surface area contributed by atoms with Crippen LogP contribution in [0.15, 0.2) is 24.3 Å². The number of urea groups is 1. The van der Waals surface area contributed by atoms with Crippen molar-refractivity contribution in [2.24, 2.45) is 0 Å². The van der Waals surface area contributed by atoms with Gasteiger partial charge in [-0.05, 0) is 31.2 Å². The summed E-state index contributed by atoms with van der Waals surface area (Å²) in [6.45, 7) is -0.462. The van der Waals surface area contributed by atoms with Crippen molar-refractivity contribution < 1.29 is 45.4 Å². The van der Waals surface area contributed by atoms with Crippen molar-refractivity contribution in [3.8, 4) is 0 Å². The normalized spacial score (nSPS) is 20.2. The number of anilines is 2. The van der Waals surface area contributed by atoms with Gasteiger partial charge < -0.3 is 14.9 Å². The first-order valence-electron chi connectivity index (χ1n) is 12.3. The number of benzene rings is 1. The van der Waals surface area contributed by atoms with Gasteiger partial charge in [-0.25, -0.2) is 27.3 Å². The zero-order chi connectivity index (χ0) is 30.4. The summed E-state index contributed by atoms with van der Waals surface area (Å²) >= 11 is 5.63.